The van der Waals surface area contributed by atoms with Gasteiger partial charge in [0.15, 0.2) is 4.32 Å². The molecule has 3 heterocycles. The van der Waals surface area contributed by atoms with E-state index in [1.54, 1.807) is 17.4 Å². The van der Waals surface area contributed by atoms with Crippen molar-refractivity contribution in [2.75, 3.05) is 26.3 Å². The third-order valence-electron chi connectivity index (χ3n) is 3.86. The number of hydrogen-bond acceptors (Lipinski definition) is 7. The molecule has 2 aliphatic heterocycles. The molecule has 0 radical (unpaired) electrons. The number of nitrogens with zero attached hydrogens (tertiary/aromatic N) is 4. The molecule has 2 aromatic rings. The maximum atomic E-state index is 12.8. The molecule has 1 amide bonds. The summed E-state index contributed by atoms with van der Waals surface area (Å²) in [6.07, 6.45) is 5.15. The highest BCUT2D eigenvalue weighted by molar-refractivity contribution is 8.26. The Morgan fingerprint density at radius 3 is 2.83 bits per heavy atom. The molecule has 0 atom stereocenters. The third-order valence-corrected chi connectivity index (χ3v) is 5.14. The number of rotatable bonds is 2. The summed E-state index contributed by atoms with van der Waals surface area (Å²) in [5.41, 5.74) is 2.44. The van der Waals surface area contributed by atoms with Crippen LogP contribution in [0.4, 0.5) is 0 Å². The van der Waals surface area contributed by atoms with Crippen molar-refractivity contribution in [3.63, 3.8) is 0 Å². The minimum Gasteiger partial charge on any atom is -0.379 e. The number of morpholine rings is 1. The van der Waals surface area contributed by atoms with Crippen molar-refractivity contribution in [1.29, 1.82) is 0 Å². The predicted molar refractivity (Wildman–Crippen MR) is 96.9 cm³/mol. The zero-order chi connectivity index (χ0) is 16.5. The zero-order valence-electron chi connectivity index (χ0n) is 12.7. The van der Waals surface area contributed by atoms with Crippen molar-refractivity contribution in [1.82, 2.24) is 20.0 Å². The van der Waals surface area contributed by atoms with Crippen LogP contribution in [-0.4, -0.2) is 56.5 Å². The largest absolute Gasteiger partial charge is 0.379 e. The molecule has 0 saturated carbocycles. The Labute approximate surface area is 148 Å². The number of benzene rings is 1. The summed E-state index contributed by atoms with van der Waals surface area (Å²) in [6.45, 7) is 2.54. The maximum Gasteiger partial charge on any atom is 0.280 e. The number of hydrogen-bond donors (Lipinski definition) is 0. The standard InChI is InChI=1S/C16H14N4O2S2/c21-15-13(24-16(23)20(15)19-6-8-22-9-7-19)10-11-2-1-3-12-14(11)18-5-4-17-12/h1-5,10H,6-9H2/b13-10-. The van der Waals surface area contributed by atoms with E-state index in [0.29, 0.717) is 35.5 Å². The Hall–Kier alpha value is -1.87. The smallest absolute Gasteiger partial charge is 0.280 e. The SMILES string of the molecule is O=C1/C(=C/c2cccc3nccnc23)SC(=S)N1N1CCOCC1. The molecule has 1 aromatic heterocycles. The van der Waals surface area contributed by atoms with Crippen LogP contribution in [0, 0.1) is 0 Å². The number of para-hydroxylation sites is 1. The van der Waals surface area contributed by atoms with Crippen molar-refractivity contribution in [2.45, 2.75) is 0 Å². The molecule has 8 heteroatoms. The van der Waals surface area contributed by atoms with Crippen molar-refractivity contribution >= 4 is 51.3 Å². The van der Waals surface area contributed by atoms with E-state index in [4.69, 9.17) is 17.0 Å². The third kappa shape index (κ3) is 2.82. The number of thioether (sulfide) groups is 1. The van der Waals surface area contributed by atoms with Gasteiger partial charge in [0.2, 0.25) is 0 Å². The van der Waals surface area contributed by atoms with Gasteiger partial charge in [-0.2, -0.15) is 0 Å². The Morgan fingerprint density at radius 1 is 1.21 bits per heavy atom. The van der Waals surface area contributed by atoms with E-state index in [1.165, 1.54) is 11.8 Å². The van der Waals surface area contributed by atoms with E-state index in [-0.39, 0.29) is 5.91 Å². The van der Waals surface area contributed by atoms with Gasteiger partial charge >= 0.3 is 0 Å². The molecule has 4 rings (SSSR count). The summed E-state index contributed by atoms with van der Waals surface area (Å²) < 4.78 is 5.90. The van der Waals surface area contributed by atoms with E-state index >= 15 is 0 Å². The van der Waals surface area contributed by atoms with Crippen LogP contribution < -0.4 is 0 Å². The normalized spacial score (nSPS) is 21.2. The molecule has 24 heavy (non-hydrogen) atoms. The summed E-state index contributed by atoms with van der Waals surface area (Å²) in [5, 5.41) is 3.54. The minimum atomic E-state index is -0.0900. The topological polar surface area (TPSA) is 58.6 Å². The van der Waals surface area contributed by atoms with Crippen LogP contribution >= 0.6 is 24.0 Å². The lowest BCUT2D eigenvalue weighted by Gasteiger charge is -2.33. The molecule has 2 aliphatic rings. The van der Waals surface area contributed by atoms with Gasteiger partial charge in [0, 0.05) is 31.0 Å². The number of amides is 1. The van der Waals surface area contributed by atoms with Gasteiger partial charge in [-0.1, -0.05) is 36.1 Å². The van der Waals surface area contributed by atoms with Crippen molar-refractivity contribution in [3.8, 4) is 0 Å². The lowest BCUT2D eigenvalue weighted by Crippen LogP contribution is -2.50. The maximum absolute atomic E-state index is 12.8. The second-order valence-corrected chi connectivity index (χ2v) is 7.01. The summed E-state index contributed by atoms with van der Waals surface area (Å²) in [4.78, 5) is 22.1. The van der Waals surface area contributed by atoms with Gasteiger partial charge < -0.3 is 4.74 Å². The van der Waals surface area contributed by atoms with Crippen molar-refractivity contribution in [3.05, 3.63) is 41.1 Å². The van der Waals surface area contributed by atoms with E-state index in [2.05, 4.69) is 9.97 Å². The molecule has 2 fully saturated rings. The molecular weight excluding hydrogens is 344 g/mol. The summed E-state index contributed by atoms with van der Waals surface area (Å²) in [5.74, 6) is -0.0900. The highest BCUT2D eigenvalue weighted by Crippen LogP contribution is 2.34. The highest BCUT2D eigenvalue weighted by Gasteiger charge is 2.37. The van der Waals surface area contributed by atoms with Crippen molar-refractivity contribution in [2.24, 2.45) is 0 Å². The van der Waals surface area contributed by atoms with Gasteiger partial charge in [-0.15, -0.1) is 0 Å². The number of ether oxygens (including phenoxy) is 1. The van der Waals surface area contributed by atoms with Gasteiger partial charge in [0.25, 0.3) is 5.91 Å². The molecule has 6 nitrogen and oxygen atoms in total. The lowest BCUT2D eigenvalue weighted by atomic mass is 10.1. The molecule has 0 N–H and O–H groups in total. The van der Waals surface area contributed by atoms with Crippen LogP contribution in [0.2, 0.25) is 0 Å². The van der Waals surface area contributed by atoms with Crippen LogP contribution in [0.25, 0.3) is 17.1 Å². The quantitative estimate of drug-likeness (QED) is 0.602. The van der Waals surface area contributed by atoms with Gasteiger partial charge in [0.1, 0.15) is 0 Å². The number of fused-ring (bicyclic) bond motifs is 1. The molecular formula is C16H14N4O2S2. The highest BCUT2D eigenvalue weighted by atomic mass is 32.2. The Morgan fingerprint density at radius 2 is 2.00 bits per heavy atom. The van der Waals surface area contributed by atoms with Gasteiger partial charge in [0.05, 0.1) is 29.2 Å². The lowest BCUT2D eigenvalue weighted by molar-refractivity contribution is -0.138. The molecule has 0 unspecified atom stereocenters. The minimum absolute atomic E-state index is 0.0900. The van der Waals surface area contributed by atoms with Gasteiger partial charge in [-0.05, 0) is 12.1 Å². The molecule has 0 aliphatic carbocycles. The van der Waals surface area contributed by atoms with Gasteiger partial charge in [-0.25, -0.2) is 10.0 Å². The van der Waals surface area contributed by atoms with Crippen molar-refractivity contribution < 1.29 is 9.53 Å². The Bertz CT molecular complexity index is 844. The summed E-state index contributed by atoms with van der Waals surface area (Å²) in [7, 11) is 0. The molecule has 0 bridgehead atoms. The number of thiocarbonyl (C=S) groups is 1. The summed E-state index contributed by atoms with van der Waals surface area (Å²) >= 11 is 6.72. The first kappa shape index (κ1) is 15.6. The fraction of sp³-hybridized carbons (Fsp3) is 0.250. The summed E-state index contributed by atoms with van der Waals surface area (Å²) in [6, 6.07) is 5.74. The van der Waals surface area contributed by atoms with Crippen LogP contribution in [0.5, 0.6) is 0 Å². The predicted octanol–water partition coefficient (Wildman–Crippen LogP) is 2.08. The van der Waals surface area contributed by atoms with Gasteiger partial charge in [-0.3, -0.25) is 14.8 Å². The number of hydrazine groups is 1. The second-order valence-electron chi connectivity index (χ2n) is 5.33. The molecule has 1 aromatic carbocycles. The average molecular weight is 358 g/mol. The van der Waals surface area contributed by atoms with Crippen LogP contribution in [-0.2, 0) is 9.53 Å². The zero-order valence-corrected chi connectivity index (χ0v) is 14.3. The Kier molecular flexibility index (Phi) is 4.28. The number of carbonyl (C=O) groups excluding carboxylic acids is 1. The number of carbonyl (C=O) groups is 1. The first-order valence-corrected chi connectivity index (χ1v) is 8.77. The van der Waals surface area contributed by atoms with Crippen LogP contribution in [0.1, 0.15) is 5.56 Å². The van der Waals surface area contributed by atoms with Crippen LogP contribution in [0.3, 0.4) is 0 Å². The molecule has 122 valence electrons. The first-order chi connectivity index (χ1) is 11.7. The van der Waals surface area contributed by atoms with Crippen LogP contribution in [0.15, 0.2) is 35.5 Å². The first-order valence-electron chi connectivity index (χ1n) is 7.54. The van der Waals surface area contributed by atoms with E-state index in [0.717, 1.165) is 16.6 Å². The second kappa shape index (κ2) is 6.56. The molecule has 2 saturated heterocycles. The van der Waals surface area contributed by atoms with E-state index in [9.17, 15) is 4.79 Å². The van der Waals surface area contributed by atoms with E-state index < -0.39 is 0 Å². The van der Waals surface area contributed by atoms with E-state index in [1.807, 2.05) is 29.3 Å². The average Bonchev–Trinajstić information content (AvgIpc) is 2.90. The fourth-order valence-corrected chi connectivity index (χ4v) is 4.03. The Balaban J connectivity index is 1.67. The fourth-order valence-electron chi connectivity index (χ4n) is 2.73. The monoisotopic (exact) mass is 358 g/mol. The number of aromatic nitrogens is 2. The molecule has 0 spiro atoms.